The quantitative estimate of drug-likeness (QED) is 0.509. The van der Waals surface area contributed by atoms with Crippen LogP contribution in [0, 0.1) is 0 Å². The Morgan fingerprint density at radius 2 is 1.76 bits per heavy atom. The van der Waals surface area contributed by atoms with Gasteiger partial charge in [0, 0.05) is 23.1 Å². The molecule has 0 saturated heterocycles. The number of hydrogen-bond acceptors (Lipinski definition) is 4. The molecular formula is C18H13Br2ClN2O2. The molecule has 0 atom stereocenters. The summed E-state index contributed by atoms with van der Waals surface area (Å²) in [6.07, 6.45) is 0.738. The van der Waals surface area contributed by atoms with Crippen LogP contribution in [0.5, 0.6) is 11.6 Å². The fraction of sp³-hybridized carbons (Fsp3) is 0.111. The molecule has 25 heavy (non-hydrogen) atoms. The summed E-state index contributed by atoms with van der Waals surface area (Å²) in [7, 11) is 0. The van der Waals surface area contributed by atoms with Gasteiger partial charge in [-0.25, -0.2) is 0 Å². The Hall–Kier alpha value is -1.63. The van der Waals surface area contributed by atoms with Gasteiger partial charge in [-0.2, -0.15) is 0 Å². The van der Waals surface area contributed by atoms with Crippen molar-refractivity contribution in [2.24, 2.45) is 0 Å². The predicted molar refractivity (Wildman–Crippen MR) is 105 cm³/mol. The zero-order valence-electron chi connectivity index (χ0n) is 12.9. The number of benzene rings is 2. The van der Waals surface area contributed by atoms with Gasteiger partial charge in [-0.3, -0.25) is 0 Å². The number of halogens is 3. The zero-order chi connectivity index (χ0) is 17.8. The van der Waals surface area contributed by atoms with Crippen molar-refractivity contribution < 1.29 is 9.84 Å². The average Bonchev–Trinajstić information content (AvgIpc) is 2.60. The second-order valence-electron chi connectivity index (χ2n) is 5.27. The zero-order valence-corrected chi connectivity index (χ0v) is 16.8. The highest BCUT2D eigenvalue weighted by Gasteiger charge is 2.09. The van der Waals surface area contributed by atoms with Crippen molar-refractivity contribution in [1.82, 2.24) is 10.2 Å². The van der Waals surface area contributed by atoms with Gasteiger partial charge in [0.2, 0.25) is 5.88 Å². The molecule has 1 heterocycles. The van der Waals surface area contributed by atoms with E-state index in [9.17, 15) is 5.11 Å². The lowest BCUT2D eigenvalue weighted by Gasteiger charge is -2.07. The Balaban J connectivity index is 1.64. The van der Waals surface area contributed by atoms with E-state index in [-0.39, 0.29) is 5.75 Å². The Bertz CT molecular complexity index is 865. The fourth-order valence-electron chi connectivity index (χ4n) is 2.23. The topological polar surface area (TPSA) is 55.2 Å². The standard InChI is InChI=1S/C18H13Br2ClN2O2/c19-14-9-12(10-15(20)18(14)24)16-4-5-17(23-22-16)25-7-6-11-2-1-3-13(21)8-11/h1-5,8-10,24H,6-7H2. The van der Waals surface area contributed by atoms with E-state index < -0.39 is 0 Å². The minimum atomic E-state index is 0.151. The van der Waals surface area contributed by atoms with E-state index in [4.69, 9.17) is 16.3 Å². The molecule has 0 unspecified atom stereocenters. The fourth-order valence-corrected chi connectivity index (χ4v) is 3.63. The molecule has 0 aliphatic rings. The molecule has 0 radical (unpaired) electrons. The highest BCUT2D eigenvalue weighted by molar-refractivity contribution is 9.11. The van der Waals surface area contributed by atoms with Crippen LogP contribution in [-0.2, 0) is 6.42 Å². The molecule has 1 N–H and O–H groups in total. The van der Waals surface area contributed by atoms with E-state index >= 15 is 0 Å². The van der Waals surface area contributed by atoms with E-state index in [0.717, 1.165) is 17.5 Å². The van der Waals surface area contributed by atoms with E-state index in [1.165, 1.54) is 0 Å². The largest absolute Gasteiger partial charge is 0.506 e. The summed E-state index contributed by atoms with van der Waals surface area (Å²) in [6.45, 7) is 0.491. The van der Waals surface area contributed by atoms with E-state index in [2.05, 4.69) is 42.1 Å². The minimum absolute atomic E-state index is 0.151. The Morgan fingerprint density at radius 1 is 1.00 bits per heavy atom. The molecule has 0 saturated carbocycles. The average molecular weight is 485 g/mol. The number of rotatable bonds is 5. The summed E-state index contributed by atoms with van der Waals surface area (Å²) in [5.74, 6) is 0.611. The van der Waals surface area contributed by atoms with Gasteiger partial charge in [-0.05, 0) is 67.8 Å². The molecule has 0 bridgehead atoms. The predicted octanol–water partition coefficient (Wildman–Crippen LogP) is 5.65. The van der Waals surface area contributed by atoms with Crippen LogP contribution >= 0.6 is 43.5 Å². The van der Waals surface area contributed by atoms with Crippen molar-refractivity contribution >= 4 is 43.5 Å². The minimum Gasteiger partial charge on any atom is -0.506 e. The highest BCUT2D eigenvalue weighted by Crippen LogP contribution is 2.36. The Morgan fingerprint density at radius 3 is 2.40 bits per heavy atom. The van der Waals surface area contributed by atoms with Gasteiger partial charge in [0.15, 0.2) is 0 Å². The molecule has 3 aromatic rings. The van der Waals surface area contributed by atoms with Crippen LogP contribution in [0.25, 0.3) is 11.3 Å². The van der Waals surface area contributed by atoms with Gasteiger partial charge < -0.3 is 9.84 Å². The molecule has 0 aliphatic carbocycles. The van der Waals surface area contributed by atoms with Gasteiger partial charge in [0.1, 0.15) is 5.75 Å². The SMILES string of the molecule is Oc1c(Br)cc(-c2ccc(OCCc3cccc(Cl)c3)nn2)cc1Br. The number of ether oxygens (including phenoxy) is 1. The number of aromatic hydroxyl groups is 1. The van der Waals surface area contributed by atoms with Crippen molar-refractivity contribution in [3.8, 4) is 22.9 Å². The van der Waals surface area contributed by atoms with Crippen molar-refractivity contribution in [1.29, 1.82) is 0 Å². The third-order valence-electron chi connectivity index (χ3n) is 3.48. The second-order valence-corrected chi connectivity index (χ2v) is 7.42. The van der Waals surface area contributed by atoms with Crippen molar-refractivity contribution in [2.45, 2.75) is 6.42 Å². The lowest BCUT2D eigenvalue weighted by Crippen LogP contribution is -2.03. The van der Waals surface area contributed by atoms with Crippen LogP contribution in [0.3, 0.4) is 0 Å². The van der Waals surface area contributed by atoms with Gasteiger partial charge in [-0.1, -0.05) is 23.7 Å². The first kappa shape index (κ1) is 18.2. The monoisotopic (exact) mass is 482 g/mol. The molecule has 7 heteroatoms. The van der Waals surface area contributed by atoms with Crippen LogP contribution in [0.1, 0.15) is 5.56 Å². The second kappa shape index (κ2) is 8.17. The van der Waals surface area contributed by atoms with Crippen molar-refractivity contribution in [2.75, 3.05) is 6.61 Å². The first-order valence-electron chi connectivity index (χ1n) is 7.42. The summed E-state index contributed by atoms with van der Waals surface area (Å²) in [4.78, 5) is 0. The third-order valence-corrected chi connectivity index (χ3v) is 4.93. The molecule has 1 aromatic heterocycles. The Labute approximate surface area is 167 Å². The van der Waals surface area contributed by atoms with Crippen molar-refractivity contribution in [3.63, 3.8) is 0 Å². The molecule has 0 fully saturated rings. The first-order chi connectivity index (χ1) is 12.0. The number of phenolic OH excluding ortho intramolecular Hbond substituents is 1. The summed E-state index contributed by atoms with van der Waals surface area (Å²) < 4.78 is 6.80. The lowest BCUT2D eigenvalue weighted by molar-refractivity contribution is 0.306. The van der Waals surface area contributed by atoms with E-state index in [1.54, 1.807) is 18.2 Å². The number of phenols is 1. The third kappa shape index (κ3) is 4.71. The van der Waals surface area contributed by atoms with Crippen LogP contribution in [0.2, 0.25) is 5.02 Å². The highest BCUT2D eigenvalue weighted by atomic mass is 79.9. The normalized spacial score (nSPS) is 10.7. The molecule has 2 aromatic carbocycles. The first-order valence-corrected chi connectivity index (χ1v) is 9.38. The number of aromatic nitrogens is 2. The van der Waals surface area contributed by atoms with E-state index in [0.29, 0.717) is 32.1 Å². The molecular weight excluding hydrogens is 471 g/mol. The lowest BCUT2D eigenvalue weighted by atomic mass is 10.1. The van der Waals surface area contributed by atoms with Crippen LogP contribution in [0.4, 0.5) is 0 Å². The summed E-state index contributed by atoms with van der Waals surface area (Å²) >= 11 is 12.6. The summed E-state index contributed by atoms with van der Waals surface area (Å²) in [5, 5.41) is 18.8. The van der Waals surface area contributed by atoms with Gasteiger partial charge >= 0.3 is 0 Å². The summed E-state index contributed by atoms with van der Waals surface area (Å²) in [6, 6.07) is 14.8. The maximum absolute atomic E-state index is 9.77. The molecule has 3 rings (SSSR count). The van der Waals surface area contributed by atoms with Crippen LogP contribution in [0.15, 0.2) is 57.5 Å². The van der Waals surface area contributed by atoms with E-state index in [1.807, 2.05) is 30.3 Å². The molecule has 0 spiro atoms. The maximum atomic E-state index is 9.77. The van der Waals surface area contributed by atoms with Crippen LogP contribution in [-0.4, -0.2) is 21.9 Å². The molecule has 4 nitrogen and oxygen atoms in total. The van der Waals surface area contributed by atoms with Gasteiger partial charge in [-0.15, -0.1) is 10.2 Å². The molecule has 0 amide bonds. The molecule has 128 valence electrons. The number of nitrogens with zero attached hydrogens (tertiary/aromatic N) is 2. The van der Waals surface area contributed by atoms with Crippen molar-refractivity contribution in [3.05, 3.63) is 68.1 Å². The number of hydrogen-bond donors (Lipinski definition) is 1. The maximum Gasteiger partial charge on any atom is 0.233 e. The van der Waals surface area contributed by atoms with Gasteiger partial charge in [0.25, 0.3) is 0 Å². The summed E-state index contributed by atoms with van der Waals surface area (Å²) in [5.41, 5.74) is 2.62. The molecule has 0 aliphatic heterocycles. The van der Waals surface area contributed by atoms with Gasteiger partial charge in [0.05, 0.1) is 21.2 Å². The smallest absolute Gasteiger partial charge is 0.233 e. The van der Waals surface area contributed by atoms with Crippen LogP contribution < -0.4 is 4.74 Å². The Kier molecular flexibility index (Phi) is 5.93.